The third kappa shape index (κ3) is 3.57. The molecular weight excluding hydrogens is 388 g/mol. The van der Waals surface area contributed by atoms with Gasteiger partial charge in [-0.2, -0.15) is 9.61 Å². The molecule has 0 amide bonds. The largest absolute Gasteiger partial charge is 0.496 e. The minimum atomic E-state index is -0.688. The van der Waals surface area contributed by atoms with E-state index in [9.17, 15) is 9.59 Å². The average molecular weight is 408 g/mol. The second kappa shape index (κ2) is 8.24. The number of hydrogen-bond donors (Lipinski definition) is 0. The van der Waals surface area contributed by atoms with E-state index < -0.39 is 11.5 Å². The van der Waals surface area contributed by atoms with Crippen LogP contribution in [-0.2, 0) is 17.7 Å². The summed E-state index contributed by atoms with van der Waals surface area (Å²) in [5.74, 6) is 0.509. The van der Waals surface area contributed by atoms with Gasteiger partial charge in [0.05, 0.1) is 19.9 Å². The van der Waals surface area contributed by atoms with E-state index in [-0.39, 0.29) is 12.2 Å². The van der Waals surface area contributed by atoms with Crippen LogP contribution in [-0.4, -0.2) is 38.9 Å². The van der Waals surface area contributed by atoms with Gasteiger partial charge < -0.3 is 18.5 Å². The summed E-state index contributed by atoms with van der Waals surface area (Å²) in [7, 11) is 1.62. The summed E-state index contributed by atoms with van der Waals surface area (Å²) in [6, 6.07) is 9.42. The molecule has 0 saturated carbocycles. The molecule has 9 heteroatoms. The molecular formula is C21H20N4O5. The second-order valence-electron chi connectivity index (χ2n) is 6.49. The lowest BCUT2D eigenvalue weighted by atomic mass is 10.1. The first kappa shape index (κ1) is 19.4. The molecule has 0 spiro atoms. The molecule has 4 aromatic rings. The van der Waals surface area contributed by atoms with Crippen molar-refractivity contribution in [1.29, 1.82) is 0 Å². The molecule has 1 aromatic carbocycles. The Morgan fingerprint density at radius 2 is 2.10 bits per heavy atom. The van der Waals surface area contributed by atoms with Crippen LogP contribution < -0.4 is 10.3 Å². The number of hydrogen-bond acceptors (Lipinski definition) is 7. The van der Waals surface area contributed by atoms with Crippen molar-refractivity contribution < 1.29 is 18.7 Å². The Hall–Kier alpha value is -3.88. The highest BCUT2D eigenvalue weighted by Crippen LogP contribution is 2.21. The lowest BCUT2D eigenvalue weighted by molar-refractivity contribution is 0.0522. The van der Waals surface area contributed by atoms with Crippen LogP contribution >= 0.6 is 0 Å². The van der Waals surface area contributed by atoms with Crippen molar-refractivity contribution in [3.63, 3.8) is 0 Å². The van der Waals surface area contributed by atoms with Crippen LogP contribution in [0.4, 0.5) is 0 Å². The number of ether oxygens (including phenoxy) is 2. The number of esters is 1. The number of nitrogens with zero attached hydrogens (tertiary/aromatic N) is 4. The van der Waals surface area contributed by atoms with Gasteiger partial charge in [-0.3, -0.25) is 4.79 Å². The molecule has 30 heavy (non-hydrogen) atoms. The third-order valence-corrected chi connectivity index (χ3v) is 4.69. The van der Waals surface area contributed by atoms with Crippen molar-refractivity contribution in [2.45, 2.75) is 19.9 Å². The van der Waals surface area contributed by atoms with Gasteiger partial charge in [-0.25, -0.2) is 9.78 Å². The molecule has 0 bridgehead atoms. The minimum Gasteiger partial charge on any atom is -0.496 e. The van der Waals surface area contributed by atoms with Crippen LogP contribution in [0.2, 0.25) is 0 Å². The van der Waals surface area contributed by atoms with Crippen molar-refractivity contribution in [1.82, 2.24) is 19.2 Å². The van der Waals surface area contributed by atoms with Crippen LogP contribution in [0.3, 0.4) is 0 Å². The fourth-order valence-corrected chi connectivity index (χ4v) is 3.26. The summed E-state index contributed by atoms with van der Waals surface area (Å²) >= 11 is 0. The number of methoxy groups -OCH3 is 1. The number of fused-ring (bicyclic) bond motifs is 1. The van der Waals surface area contributed by atoms with Gasteiger partial charge in [0, 0.05) is 18.8 Å². The number of oxazole rings is 1. The Kier molecular flexibility index (Phi) is 5.34. The summed E-state index contributed by atoms with van der Waals surface area (Å²) in [6.45, 7) is 2.34. The fraction of sp³-hybridized carbons (Fsp3) is 0.238. The number of carbonyl (C=O) groups excluding carboxylic acids is 1. The van der Waals surface area contributed by atoms with Gasteiger partial charge in [0.2, 0.25) is 0 Å². The molecule has 9 nitrogen and oxygen atoms in total. The van der Waals surface area contributed by atoms with E-state index in [1.165, 1.54) is 23.3 Å². The van der Waals surface area contributed by atoms with Crippen LogP contribution in [0.15, 0.2) is 58.3 Å². The van der Waals surface area contributed by atoms with Crippen molar-refractivity contribution >= 4 is 11.6 Å². The Labute approximate surface area is 171 Å². The number of rotatable bonds is 7. The lowest BCUT2D eigenvalue weighted by Gasteiger charge is -2.12. The van der Waals surface area contributed by atoms with E-state index in [1.807, 2.05) is 24.3 Å². The van der Waals surface area contributed by atoms with E-state index >= 15 is 0 Å². The zero-order chi connectivity index (χ0) is 21.1. The Balaban J connectivity index is 1.80. The molecule has 3 heterocycles. The molecule has 0 aliphatic heterocycles. The van der Waals surface area contributed by atoms with Gasteiger partial charge in [0.25, 0.3) is 5.56 Å². The maximum Gasteiger partial charge on any atom is 0.345 e. The first-order valence-corrected chi connectivity index (χ1v) is 9.43. The van der Waals surface area contributed by atoms with Gasteiger partial charge in [-0.1, -0.05) is 18.2 Å². The van der Waals surface area contributed by atoms with Crippen LogP contribution in [0.5, 0.6) is 5.75 Å². The average Bonchev–Trinajstić information content (AvgIpc) is 3.44. The van der Waals surface area contributed by atoms with Crippen molar-refractivity contribution in [2.24, 2.45) is 0 Å². The topological polar surface area (TPSA) is 101 Å². The normalized spacial score (nSPS) is 11.0. The quantitative estimate of drug-likeness (QED) is 0.433. The predicted octanol–water partition coefficient (Wildman–Crippen LogP) is 2.58. The molecule has 0 N–H and O–H groups in total. The first-order chi connectivity index (χ1) is 14.6. The van der Waals surface area contributed by atoms with Crippen LogP contribution in [0.1, 0.15) is 22.8 Å². The first-order valence-electron chi connectivity index (χ1n) is 9.43. The molecule has 3 aromatic heterocycles. The summed E-state index contributed by atoms with van der Waals surface area (Å²) in [4.78, 5) is 29.1. The standard InChI is InChI=1S/C21H20N4O5/c1-3-29-21(27)15-12-24(9-8-14-6-4-5-7-17(14)28-2)19-10-16(18-11-22-13-30-18)23-25(19)20(15)26/h4-7,10-13H,3,8-9H2,1-2H3. The van der Waals surface area contributed by atoms with E-state index in [2.05, 4.69) is 10.1 Å². The zero-order valence-electron chi connectivity index (χ0n) is 16.6. The lowest BCUT2D eigenvalue weighted by Crippen LogP contribution is -2.27. The predicted molar refractivity (Wildman–Crippen MR) is 108 cm³/mol. The van der Waals surface area contributed by atoms with Crippen LogP contribution in [0, 0.1) is 0 Å². The van der Waals surface area contributed by atoms with Gasteiger partial charge in [0.15, 0.2) is 12.2 Å². The maximum atomic E-state index is 12.9. The summed E-state index contributed by atoms with van der Waals surface area (Å²) in [5, 5.41) is 4.32. The summed E-state index contributed by atoms with van der Waals surface area (Å²) in [5.41, 5.74) is 1.33. The smallest absolute Gasteiger partial charge is 0.345 e. The molecule has 4 rings (SSSR count). The maximum absolute atomic E-state index is 12.9. The number of aromatic nitrogens is 4. The Bertz CT molecular complexity index is 1240. The molecule has 0 aliphatic rings. The van der Waals surface area contributed by atoms with Crippen molar-refractivity contribution in [2.75, 3.05) is 13.7 Å². The molecule has 0 radical (unpaired) electrons. The number of para-hydroxylation sites is 1. The SMILES string of the molecule is CCOC(=O)c1cn(CCc2ccccc2OC)c2cc(-c3cnco3)nn2c1=O. The summed E-state index contributed by atoms with van der Waals surface area (Å²) < 4.78 is 18.7. The van der Waals surface area contributed by atoms with Crippen LogP contribution in [0.25, 0.3) is 17.1 Å². The van der Waals surface area contributed by atoms with Gasteiger partial charge in [-0.05, 0) is 25.0 Å². The number of carbonyl (C=O) groups is 1. The van der Waals surface area contributed by atoms with Crippen molar-refractivity contribution in [3.05, 3.63) is 70.6 Å². The molecule has 0 atom stereocenters. The highest BCUT2D eigenvalue weighted by atomic mass is 16.5. The highest BCUT2D eigenvalue weighted by Gasteiger charge is 2.20. The van der Waals surface area contributed by atoms with E-state index in [0.29, 0.717) is 30.1 Å². The van der Waals surface area contributed by atoms with Crippen molar-refractivity contribution in [3.8, 4) is 17.2 Å². The fourth-order valence-electron chi connectivity index (χ4n) is 3.26. The monoisotopic (exact) mass is 408 g/mol. The third-order valence-electron chi connectivity index (χ3n) is 4.69. The number of aryl methyl sites for hydroxylation is 2. The molecule has 0 fully saturated rings. The van der Waals surface area contributed by atoms with E-state index in [4.69, 9.17) is 13.9 Å². The Morgan fingerprint density at radius 1 is 1.27 bits per heavy atom. The van der Waals surface area contributed by atoms with E-state index in [1.54, 1.807) is 24.7 Å². The molecule has 0 aliphatic carbocycles. The Morgan fingerprint density at radius 3 is 2.83 bits per heavy atom. The van der Waals surface area contributed by atoms with Gasteiger partial charge in [0.1, 0.15) is 22.7 Å². The molecule has 0 saturated heterocycles. The number of benzene rings is 1. The van der Waals surface area contributed by atoms with Gasteiger partial charge >= 0.3 is 5.97 Å². The summed E-state index contributed by atoms with van der Waals surface area (Å²) in [6.07, 6.45) is 4.93. The van der Waals surface area contributed by atoms with E-state index in [0.717, 1.165) is 11.3 Å². The molecule has 0 unspecified atom stereocenters. The zero-order valence-corrected chi connectivity index (χ0v) is 16.6. The second-order valence-corrected chi connectivity index (χ2v) is 6.49. The van der Waals surface area contributed by atoms with Gasteiger partial charge in [-0.15, -0.1) is 0 Å². The molecule has 154 valence electrons. The highest BCUT2D eigenvalue weighted by molar-refractivity contribution is 5.89. The minimum absolute atomic E-state index is 0.0865.